The molecule has 0 heterocycles. The van der Waals surface area contributed by atoms with Gasteiger partial charge in [0.1, 0.15) is 0 Å². The van der Waals surface area contributed by atoms with Crippen LogP contribution in [0.1, 0.15) is 92.5 Å². The van der Waals surface area contributed by atoms with Gasteiger partial charge in [0.2, 0.25) is 0 Å². The third-order valence-electron chi connectivity index (χ3n) is 15.0. The summed E-state index contributed by atoms with van der Waals surface area (Å²) in [5.41, 5.74) is 12.3. The standard InChI is InChI=1S/C64H50O/c1-5-25-51(26-6-1)63(52-27-7-2-8-28-52)43-57(55-33-17-19-35-59(55)63)61(49-39-37-45-21-13-15-23-47(45)41-49)65-62(50-40-38-46-22-14-16-24-48(46)42-50)58-44-64(53-29-9-3-10-30-53,54-31-11-4-12-32-54)60-36-20-18-34-56(58)60/h1-42,57-58,61-62H,43-44H2. The second kappa shape index (κ2) is 16.3. The van der Waals surface area contributed by atoms with Crippen molar-refractivity contribution >= 4 is 21.5 Å². The molecule has 0 N–H and O–H groups in total. The van der Waals surface area contributed by atoms with Crippen LogP contribution in [0, 0.1) is 0 Å². The van der Waals surface area contributed by atoms with E-state index in [-0.39, 0.29) is 34.9 Å². The van der Waals surface area contributed by atoms with Crippen LogP contribution in [0.15, 0.2) is 255 Å². The average molecular weight is 835 g/mol. The molecule has 10 aromatic rings. The summed E-state index contributed by atoms with van der Waals surface area (Å²) in [6.07, 6.45) is 1.15. The molecule has 312 valence electrons. The van der Waals surface area contributed by atoms with Crippen molar-refractivity contribution in [3.05, 3.63) is 310 Å². The fourth-order valence-corrected chi connectivity index (χ4v) is 12.1. The molecule has 2 aliphatic rings. The Labute approximate surface area is 382 Å². The first-order valence-electron chi connectivity index (χ1n) is 23.2. The minimum atomic E-state index is -0.379. The van der Waals surface area contributed by atoms with Gasteiger partial charge in [-0.15, -0.1) is 0 Å². The summed E-state index contributed by atoms with van der Waals surface area (Å²) in [6.45, 7) is 0. The van der Waals surface area contributed by atoms with Crippen LogP contribution < -0.4 is 0 Å². The number of rotatable bonds is 10. The molecular formula is C64H50O. The number of hydrogen-bond acceptors (Lipinski definition) is 1. The molecule has 0 amide bonds. The van der Waals surface area contributed by atoms with Crippen molar-refractivity contribution in [3.8, 4) is 0 Å². The van der Waals surface area contributed by atoms with Gasteiger partial charge in [-0.2, -0.15) is 0 Å². The minimum absolute atomic E-state index is 0.0281. The van der Waals surface area contributed by atoms with Crippen LogP contribution in [0.4, 0.5) is 0 Å². The number of ether oxygens (including phenoxy) is 1. The Morgan fingerprint density at radius 2 is 0.615 bits per heavy atom. The van der Waals surface area contributed by atoms with E-state index in [9.17, 15) is 0 Å². The van der Waals surface area contributed by atoms with Gasteiger partial charge in [-0.05, 0) is 102 Å². The van der Waals surface area contributed by atoms with Gasteiger partial charge in [0, 0.05) is 22.7 Å². The lowest BCUT2D eigenvalue weighted by atomic mass is 9.69. The van der Waals surface area contributed by atoms with E-state index in [4.69, 9.17) is 4.74 Å². The molecule has 65 heavy (non-hydrogen) atoms. The normalized spacial score (nSPS) is 17.9. The van der Waals surface area contributed by atoms with Crippen molar-refractivity contribution in [2.45, 2.75) is 47.7 Å². The lowest BCUT2D eigenvalue weighted by molar-refractivity contribution is -0.0458. The van der Waals surface area contributed by atoms with Gasteiger partial charge in [0.15, 0.2) is 0 Å². The Kier molecular flexibility index (Phi) is 9.88. The third-order valence-corrected chi connectivity index (χ3v) is 15.0. The highest BCUT2D eigenvalue weighted by Gasteiger charge is 2.52. The minimum Gasteiger partial charge on any atom is -0.364 e. The highest BCUT2D eigenvalue weighted by atomic mass is 16.5. The van der Waals surface area contributed by atoms with Crippen molar-refractivity contribution in [1.82, 2.24) is 0 Å². The fourth-order valence-electron chi connectivity index (χ4n) is 12.1. The molecule has 0 saturated carbocycles. The summed E-state index contributed by atoms with van der Waals surface area (Å²) < 4.78 is 8.33. The molecule has 0 fully saturated rings. The monoisotopic (exact) mass is 834 g/mol. The molecule has 1 heteroatoms. The smallest absolute Gasteiger partial charge is 0.0902 e. The molecule has 0 radical (unpaired) electrons. The highest BCUT2D eigenvalue weighted by molar-refractivity contribution is 5.84. The number of benzene rings is 10. The molecule has 2 aliphatic carbocycles. The van der Waals surface area contributed by atoms with E-state index in [1.54, 1.807) is 0 Å². The summed E-state index contributed by atoms with van der Waals surface area (Å²) in [7, 11) is 0. The van der Waals surface area contributed by atoms with E-state index in [1.165, 1.54) is 77.2 Å². The largest absolute Gasteiger partial charge is 0.364 e. The van der Waals surface area contributed by atoms with E-state index in [0.29, 0.717) is 0 Å². The molecule has 0 bridgehead atoms. The van der Waals surface area contributed by atoms with Crippen LogP contribution in [-0.4, -0.2) is 0 Å². The van der Waals surface area contributed by atoms with Gasteiger partial charge in [0.25, 0.3) is 0 Å². The van der Waals surface area contributed by atoms with E-state index in [1.807, 2.05) is 0 Å². The van der Waals surface area contributed by atoms with Gasteiger partial charge in [0.05, 0.1) is 12.2 Å². The zero-order valence-electron chi connectivity index (χ0n) is 36.4. The number of fused-ring (bicyclic) bond motifs is 4. The molecule has 1 nitrogen and oxygen atoms in total. The van der Waals surface area contributed by atoms with Crippen molar-refractivity contribution < 1.29 is 4.74 Å². The quantitative estimate of drug-likeness (QED) is 0.133. The first-order chi connectivity index (χ1) is 32.2. The van der Waals surface area contributed by atoms with Gasteiger partial charge >= 0.3 is 0 Å². The van der Waals surface area contributed by atoms with Crippen LogP contribution in [0.5, 0.6) is 0 Å². The van der Waals surface area contributed by atoms with Crippen LogP contribution in [0.2, 0.25) is 0 Å². The number of hydrogen-bond donors (Lipinski definition) is 0. The molecule has 0 aliphatic heterocycles. The lowest BCUT2D eigenvalue weighted by Gasteiger charge is -2.37. The average Bonchev–Trinajstić information content (AvgIpc) is 3.93. The summed E-state index contributed by atoms with van der Waals surface area (Å²) >= 11 is 0. The van der Waals surface area contributed by atoms with Gasteiger partial charge in [-0.3, -0.25) is 0 Å². The third kappa shape index (κ3) is 6.56. The molecule has 0 aromatic heterocycles. The van der Waals surface area contributed by atoms with Crippen LogP contribution in [-0.2, 0) is 15.6 Å². The van der Waals surface area contributed by atoms with E-state index in [0.717, 1.165) is 12.8 Å². The Hall–Kier alpha value is -7.32. The summed E-state index contributed by atoms with van der Waals surface area (Å²) in [5.74, 6) is 0.0563. The molecule has 10 aromatic carbocycles. The molecule has 0 saturated heterocycles. The van der Waals surface area contributed by atoms with Gasteiger partial charge < -0.3 is 4.74 Å². The van der Waals surface area contributed by atoms with Gasteiger partial charge in [-0.1, -0.05) is 243 Å². The zero-order valence-corrected chi connectivity index (χ0v) is 36.4. The maximum Gasteiger partial charge on any atom is 0.0902 e. The highest BCUT2D eigenvalue weighted by Crippen LogP contribution is 2.62. The first-order valence-corrected chi connectivity index (χ1v) is 23.2. The Bertz CT molecular complexity index is 2970. The lowest BCUT2D eigenvalue weighted by Crippen LogP contribution is -2.29. The van der Waals surface area contributed by atoms with E-state index >= 15 is 0 Å². The predicted molar refractivity (Wildman–Crippen MR) is 268 cm³/mol. The molecular weight excluding hydrogens is 785 g/mol. The van der Waals surface area contributed by atoms with Crippen LogP contribution >= 0.6 is 0 Å². The van der Waals surface area contributed by atoms with Crippen molar-refractivity contribution in [2.75, 3.05) is 0 Å². The molecule has 4 unspecified atom stereocenters. The molecule has 12 rings (SSSR count). The maximum atomic E-state index is 8.33. The second-order valence-corrected chi connectivity index (χ2v) is 18.3. The Morgan fingerprint density at radius 1 is 0.308 bits per heavy atom. The summed E-state index contributed by atoms with van der Waals surface area (Å²) in [4.78, 5) is 0. The zero-order chi connectivity index (χ0) is 43.2. The predicted octanol–water partition coefficient (Wildman–Crippen LogP) is 15.8. The van der Waals surface area contributed by atoms with Crippen LogP contribution in [0.25, 0.3) is 21.5 Å². The van der Waals surface area contributed by atoms with E-state index in [2.05, 4.69) is 255 Å². The Morgan fingerprint density at radius 3 is 0.985 bits per heavy atom. The van der Waals surface area contributed by atoms with E-state index < -0.39 is 0 Å². The topological polar surface area (TPSA) is 9.23 Å². The Balaban J connectivity index is 1.09. The first kappa shape index (κ1) is 39.3. The summed E-state index contributed by atoms with van der Waals surface area (Å²) in [6, 6.07) is 94.9. The van der Waals surface area contributed by atoms with Crippen LogP contribution in [0.3, 0.4) is 0 Å². The van der Waals surface area contributed by atoms with Crippen molar-refractivity contribution in [2.24, 2.45) is 0 Å². The van der Waals surface area contributed by atoms with Crippen molar-refractivity contribution in [1.29, 1.82) is 0 Å². The van der Waals surface area contributed by atoms with Gasteiger partial charge in [-0.25, -0.2) is 0 Å². The maximum absolute atomic E-state index is 8.33. The second-order valence-electron chi connectivity index (χ2n) is 18.3. The fraction of sp³-hybridized carbons (Fsp3) is 0.125. The molecule has 4 atom stereocenters. The van der Waals surface area contributed by atoms with Crippen molar-refractivity contribution in [3.63, 3.8) is 0 Å². The molecule has 0 spiro atoms. The SMILES string of the molecule is c1ccc(C2(c3ccccc3)CC(C(OC(c3ccc4ccccc4c3)C3CC(c4ccccc4)(c4ccccc4)c4ccccc43)c3ccc4ccccc4c3)c3ccccc32)cc1. The summed E-state index contributed by atoms with van der Waals surface area (Å²) in [5, 5.41) is 4.91.